The fraction of sp³-hybridized carbons (Fsp3) is 0.409. The molecule has 1 aliphatic rings. The van der Waals surface area contributed by atoms with E-state index in [4.69, 9.17) is 10.5 Å². The van der Waals surface area contributed by atoms with Crippen molar-refractivity contribution in [3.63, 3.8) is 0 Å². The Balaban J connectivity index is 1.81. The molecule has 2 N–H and O–H groups in total. The van der Waals surface area contributed by atoms with Crippen LogP contribution >= 0.6 is 0 Å². The van der Waals surface area contributed by atoms with E-state index in [1.54, 1.807) is 18.0 Å². The second-order valence-electron chi connectivity index (χ2n) is 7.70. The van der Waals surface area contributed by atoms with Gasteiger partial charge in [-0.1, -0.05) is 0 Å². The SMILES string of the molecule is C=N/C(=C\N=C(/C)N1CCN(c2cc(OC)c(N)cc2-c2cnn(C)c2)CC1)N(C)C. The highest BCUT2D eigenvalue weighted by Gasteiger charge is 2.22. The summed E-state index contributed by atoms with van der Waals surface area (Å²) in [5.74, 6) is 2.37. The molecule has 1 aliphatic heterocycles. The van der Waals surface area contributed by atoms with Gasteiger partial charge in [-0.15, -0.1) is 0 Å². The number of ether oxygens (including phenoxy) is 1. The Morgan fingerprint density at radius 1 is 1.26 bits per heavy atom. The van der Waals surface area contributed by atoms with E-state index in [2.05, 4.69) is 31.6 Å². The molecule has 1 aromatic carbocycles. The van der Waals surface area contributed by atoms with E-state index >= 15 is 0 Å². The number of methoxy groups -OCH3 is 1. The number of aliphatic imine (C=N–C) groups is 2. The van der Waals surface area contributed by atoms with E-state index < -0.39 is 0 Å². The zero-order chi connectivity index (χ0) is 22.5. The molecule has 2 heterocycles. The lowest BCUT2D eigenvalue weighted by atomic mass is 10.0. The number of hydrogen-bond acceptors (Lipinski definition) is 7. The van der Waals surface area contributed by atoms with Crippen LogP contribution in [0.5, 0.6) is 5.75 Å². The lowest BCUT2D eigenvalue weighted by molar-refractivity contribution is 0.383. The molecule has 9 heteroatoms. The molecule has 1 aromatic heterocycles. The molecule has 0 bridgehead atoms. The first-order chi connectivity index (χ1) is 14.8. The van der Waals surface area contributed by atoms with Crippen LogP contribution in [0.4, 0.5) is 11.4 Å². The highest BCUT2D eigenvalue weighted by molar-refractivity contribution is 5.84. The van der Waals surface area contributed by atoms with Crippen LogP contribution in [0.25, 0.3) is 11.1 Å². The number of nitrogens with two attached hydrogens (primary N) is 1. The number of aromatic nitrogens is 2. The predicted molar refractivity (Wildman–Crippen MR) is 128 cm³/mol. The van der Waals surface area contributed by atoms with Crippen LogP contribution in [-0.2, 0) is 7.05 Å². The Morgan fingerprint density at radius 2 is 1.97 bits per heavy atom. The molecule has 0 spiro atoms. The molecular formula is C22H32N8O. The molecule has 1 fully saturated rings. The van der Waals surface area contributed by atoms with Crippen molar-refractivity contribution in [3.05, 3.63) is 36.5 Å². The largest absolute Gasteiger partial charge is 0.495 e. The molecule has 0 unspecified atom stereocenters. The second-order valence-corrected chi connectivity index (χ2v) is 7.70. The first-order valence-electron chi connectivity index (χ1n) is 10.2. The summed E-state index contributed by atoms with van der Waals surface area (Å²) < 4.78 is 7.29. The van der Waals surface area contributed by atoms with Crippen LogP contribution in [0, 0.1) is 0 Å². The van der Waals surface area contributed by atoms with E-state index in [0.717, 1.165) is 54.6 Å². The number of aryl methyl sites for hydroxylation is 1. The molecule has 0 radical (unpaired) electrons. The summed E-state index contributed by atoms with van der Waals surface area (Å²) in [5.41, 5.74) is 10.0. The molecule has 166 valence electrons. The number of piperazine rings is 1. The number of amidine groups is 1. The second kappa shape index (κ2) is 9.55. The topological polar surface area (TPSA) is 87.5 Å². The van der Waals surface area contributed by atoms with Gasteiger partial charge < -0.3 is 25.2 Å². The van der Waals surface area contributed by atoms with Gasteiger partial charge in [-0.2, -0.15) is 5.10 Å². The smallest absolute Gasteiger partial charge is 0.145 e. The van der Waals surface area contributed by atoms with Gasteiger partial charge in [0.15, 0.2) is 0 Å². The van der Waals surface area contributed by atoms with Crippen LogP contribution in [0.3, 0.4) is 0 Å². The summed E-state index contributed by atoms with van der Waals surface area (Å²) in [6, 6.07) is 4.00. The van der Waals surface area contributed by atoms with E-state index in [1.807, 2.05) is 57.5 Å². The molecule has 0 atom stereocenters. The van der Waals surface area contributed by atoms with Crippen molar-refractivity contribution in [2.45, 2.75) is 6.92 Å². The number of nitrogen functional groups attached to an aromatic ring is 1. The minimum Gasteiger partial charge on any atom is -0.495 e. The lowest BCUT2D eigenvalue weighted by Crippen LogP contribution is -2.48. The van der Waals surface area contributed by atoms with Crippen molar-refractivity contribution in [2.24, 2.45) is 17.0 Å². The summed E-state index contributed by atoms with van der Waals surface area (Å²) in [6.45, 7) is 9.06. The van der Waals surface area contributed by atoms with Gasteiger partial charge in [0.25, 0.3) is 0 Å². The van der Waals surface area contributed by atoms with Crippen LogP contribution in [0.15, 0.2) is 46.5 Å². The Morgan fingerprint density at radius 3 is 2.52 bits per heavy atom. The monoisotopic (exact) mass is 424 g/mol. The van der Waals surface area contributed by atoms with Gasteiger partial charge in [-0.05, 0) is 19.7 Å². The van der Waals surface area contributed by atoms with Gasteiger partial charge in [-0.25, -0.2) is 9.98 Å². The van der Waals surface area contributed by atoms with Crippen LogP contribution in [0.1, 0.15) is 6.92 Å². The van der Waals surface area contributed by atoms with Crippen LogP contribution < -0.4 is 15.4 Å². The molecule has 9 nitrogen and oxygen atoms in total. The zero-order valence-electron chi connectivity index (χ0n) is 19.0. The van der Waals surface area contributed by atoms with Crippen molar-refractivity contribution in [1.82, 2.24) is 19.6 Å². The van der Waals surface area contributed by atoms with E-state index in [0.29, 0.717) is 11.4 Å². The first-order valence-corrected chi connectivity index (χ1v) is 10.2. The van der Waals surface area contributed by atoms with E-state index in [-0.39, 0.29) is 0 Å². The minimum atomic E-state index is 0.617. The number of benzene rings is 1. The quantitative estimate of drug-likeness (QED) is 0.435. The van der Waals surface area contributed by atoms with Gasteiger partial charge in [-0.3, -0.25) is 4.68 Å². The predicted octanol–water partition coefficient (Wildman–Crippen LogP) is 2.28. The molecule has 1 saturated heterocycles. The van der Waals surface area contributed by atoms with Gasteiger partial charge in [0.05, 0.1) is 25.2 Å². The van der Waals surface area contributed by atoms with E-state index in [1.165, 1.54) is 0 Å². The molecule has 31 heavy (non-hydrogen) atoms. The van der Waals surface area contributed by atoms with Crippen molar-refractivity contribution < 1.29 is 4.74 Å². The maximum absolute atomic E-state index is 6.21. The molecule has 0 aliphatic carbocycles. The standard InChI is InChI=1S/C22H32N8O/c1-16(25-14-22(24-2)27(3)4)29-7-9-30(10-8-29)20-12-21(31-6)19(23)11-18(20)17-13-26-28(5)15-17/h11-15H,2,7-10,23H2,1,3-6H3/b22-14+,25-16+. The maximum Gasteiger partial charge on any atom is 0.145 e. The maximum atomic E-state index is 6.21. The number of nitrogens with zero attached hydrogens (tertiary/aromatic N) is 7. The van der Waals surface area contributed by atoms with Crippen molar-refractivity contribution in [1.29, 1.82) is 0 Å². The molecule has 3 rings (SSSR count). The summed E-state index contributed by atoms with van der Waals surface area (Å²) in [6.07, 6.45) is 5.61. The third-order valence-corrected chi connectivity index (χ3v) is 5.43. The first kappa shape index (κ1) is 22.2. The van der Waals surface area contributed by atoms with Gasteiger partial charge in [0.1, 0.15) is 17.4 Å². The van der Waals surface area contributed by atoms with Crippen molar-refractivity contribution in [3.8, 4) is 16.9 Å². The minimum absolute atomic E-state index is 0.617. The summed E-state index contributed by atoms with van der Waals surface area (Å²) in [7, 11) is 7.40. The van der Waals surface area contributed by atoms with Crippen LogP contribution in [-0.4, -0.2) is 79.5 Å². The summed E-state index contributed by atoms with van der Waals surface area (Å²) in [4.78, 5) is 15.1. The normalized spacial score (nSPS) is 15.3. The zero-order valence-corrected chi connectivity index (χ0v) is 19.0. The Kier molecular flexibility index (Phi) is 6.84. The lowest BCUT2D eigenvalue weighted by Gasteiger charge is -2.38. The fourth-order valence-electron chi connectivity index (χ4n) is 3.62. The number of rotatable bonds is 6. The van der Waals surface area contributed by atoms with Gasteiger partial charge >= 0.3 is 0 Å². The van der Waals surface area contributed by atoms with Gasteiger partial charge in [0.2, 0.25) is 0 Å². The van der Waals surface area contributed by atoms with Crippen LogP contribution in [0.2, 0.25) is 0 Å². The fourth-order valence-corrected chi connectivity index (χ4v) is 3.62. The Hall–Kier alpha value is -3.49. The average molecular weight is 425 g/mol. The molecule has 2 aromatic rings. The third-order valence-electron chi connectivity index (χ3n) is 5.43. The summed E-state index contributed by atoms with van der Waals surface area (Å²) >= 11 is 0. The molecule has 0 saturated carbocycles. The highest BCUT2D eigenvalue weighted by Crippen LogP contribution is 2.38. The average Bonchev–Trinajstić information content (AvgIpc) is 3.20. The number of anilines is 2. The summed E-state index contributed by atoms with van der Waals surface area (Å²) in [5, 5.41) is 4.32. The third kappa shape index (κ3) is 4.99. The molecule has 0 amide bonds. The van der Waals surface area contributed by atoms with Crippen molar-refractivity contribution in [2.75, 3.05) is 58.0 Å². The van der Waals surface area contributed by atoms with Gasteiger partial charge in [0, 0.05) is 76.4 Å². The number of hydrogen-bond donors (Lipinski definition) is 1. The van der Waals surface area contributed by atoms with Crippen molar-refractivity contribution >= 4 is 23.9 Å². The Labute approximate surface area is 184 Å². The Bertz CT molecular complexity index is 983. The highest BCUT2D eigenvalue weighted by atomic mass is 16.5. The van der Waals surface area contributed by atoms with E-state index in [9.17, 15) is 0 Å². The molecular weight excluding hydrogens is 392 g/mol.